The Hall–Kier alpha value is -2.70. The Kier molecular flexibility index (Phi) is 3.85. The molecular formula is C16H19N5O2. The van der Waals surface area contributed by atoms with Crippen molar-refractivity contribution in [3.05, 3.63) is 46.7 Å². The Morgan fingerprint density at radius 2 is 2.00 bits per heavy atom. The molecule has 0 bridgehead atoms. The zero-order valence-corrected chi connectivity index (χ0v) is 13.6. The van der Waals surface area contributed by atoms with E-state index in [-0.39, 0.29) is 0 Å². The summed E-state index contributed by atoms with van der Waals surface area (Å²) in [6.07, 6.45) is 0. The van der Waals surface area contributed by atoms with Gasteiger partial charge in [0.2, 0.25) is 5.95 Å². The van der Waals surface area contributed by atoms with Gasteiger partial charge in [-0.3, -0.25) is 0 Å². The van der Waals surface area contributed by atoms with Gasteiger partial charge >= 0.3 is 5.97 Å². The molecule has 7 nitrogen and oxygen atoms in total. The van der Waals surface area contributed by atoms with Crippen LogP contribution in [0, 0.1) is 0 Å². The van der Waals surface area contributed by atoms with Crippen molar-refractivity contribution in [1.29, 1.82) is 0 Å². The van der Waals surface area contributed by atoms with Gasteiger partial charge in [0.15, 0.2) is 0 Å². The summed E-state index contributed by atoms with van der Waals surface area (Å²) in [4.78, 5) is 12.3. The minimum atomic E-state index is -0.407. The monoisotopic (exact) mass is 313 g/mol. The Morgan fingerprint density at radius 3 is 2.61 bits per heavy atom. The smallest absolute Gasteiger partial charge is 0.338 e. The summed E-state index contributed by atoms with van der Waals surface area (Å²) in [6, 6.07) is 7.74. The molecule has 0 saturated heterocycles. The standard InChI is InChI=1S/C16H19N5O2/c1-9(2)11-5-7-12(8-6-11)14-13(15(22)23-4)10(3)17-16-18-19-20-21(14)16/h5-9,14H,1-4H3,(H,17,18,20). The van der Waals surface area contributed by atoms with Gasteiger partial charge in [0, 0.05) is 5.70 Å². The number of nitrogens with one attached hydrogen (secondary N) is 1. The summed E-state index contributed by atoms with van der Waals surface area (Å²) in [5.74, 6) is 0.556. The molecule has 1 N–H and O–H groups in total. The maximum atomic E-state index is 12.3. The van der Waals surface area contributed by atoms with Crippen molar-refractivity contribution >= 4 is 11.9 Å². The Bertz CT molecular complexity index is 761. The first-order chi connectivity index (χ1) is 11.0. The van der Waals surface area contributed by atoms with E-state index >= 15 is 0 Å². The number of carbonyl (C=O) groups is 1. The highest BCUT2D eigenvalue weighted by atomic mass is 16.5. The van der Waals surface area contributed by atoms with Crippen molar-refractivity contribution in [2.75, 3.05) is 12.4 Å². The molecule has 120 valence electrons. The summed E-state index contributed by atoms with van der Waals surface area (Å²) in [5.41, 5.74) is 3.37. The minimum absolute atomic E-state index is 0.394. The molecule has 23 heavy (non-hydrogen) atoms. The number of nitrogens with zero attached hydrogens (tertiary/aromatic N) is 4. The number of aromatic nitrogens is 4. The number of tetrazole rings is 1. The first-order valence-electron chi connectivity index (χ1n) is 7.46. The Balaban J connectivity index is 2.11. The number of allylic oxidation sites excluding steroid dienone is 1. The average Bonchev–Trinajstić information content (AvgIpc) is 3.00. The lowest BCUT2D eigenvalue weighted by molar-refractivity contribution is -0.136. The zero-order chi connectivity index (χ0) is 16.6. The average molecular weight is 313 g/mol. The molecule has 0 amide bonds. The molecule has 1 unspecified atom stereocenters. The van der Waals surface area contributed by atoms with Crippen LogP contribution < -0.4 is 5.32 Å². The Labute approximate surface area is 134 Å². The third-order valence-electron chi connectivity index (χ3n) is 4.04. The number of hydrogen-bond acceptors (Lipinski definition) is 6. The van der Waals surface area contributed by atoms with Gasteiger partial charge in [0.05, 0.1) is 12.7 Å². The van der Waals surface area contributed by atoms with Crippen LogP contribution in [0.15, 0.2) is 35.5 Å². The molecule has 0 radical (unpaired) electrons. The molecular weight excluding hydrogens is 294 g/mol. The van der Waals surface area contributed by atoms with Gasteiger partial charge in [-0.25, -0.2) is 4.79 Å². The largest absolute Gasteiger partial charge is 0.466 e. The van der Waals surface area contributed by atoms with Crippen LogP contribution in [0.5, 0.6) is 0 Å². The van der Waals surface area contributed by atoms with Gasteiger partial charge in [-0.1, -0.05) is 43.2 Å². The van der Waals surface area contributed by atoms with Crippen molar-refractivity contribution in [1.82, 2.24) is 20.2 Å². The van der Waals surface area contributed by atoms with E-state index in [0.717, 1.165) is 5.56 Å². The maximum absolute atomic E-state index is 12.3. The van der Waals surface area contributed by atoms with E-state index in [2.05, 4.69) is 46.8 Å². The molecule has 1 atom stereocenters. The van der Waals surface area contributed by atoms with Crippen LogP contribution in [0.1, 0.15) is 43.9 Å². The van der Waals surface area contributed by atoms with E-state index in [1.54, 1.807) is 4.68 Å². The molecule has 0 saturated carbocycles. The van der Waals surface area contributed by atoms with Crippen LogP contribution in [-0.4, -0.2) is 33.3 Å². The van der Waals surface area contributed by atoms with Crippen molar-refractivity contribution in [2.45, 2.75) is 32.7 Å². The first-order valence-corrected chi connectivity index (χ1v) is 7.46. The van der Waals surface area contributed by atoms with E-state index < -0.39 is 12.0 Å². The number of rotatable bonds is 3. The predicted molar refractivity (Wildman–Crippen MR) is 84.8 cm³/mol. The number of carbonyl (C=O) groups excluding carboxylic acids is 1. The van der Waals surface area contributed by atoms with E-state index in [4.69, 9.17) is 4.74 Å². The lowest BCUT2D eigenvalue weighted by atomic mass is 9.93. The number of benzene rings is 1. The third kappa shape index (κ3) is 2.58. The lowest BCUT2D eigenvalue weighted by Gasteiger charge is -2.27. The normalized spacial score (nSPS) is 17.0. The van der Waals surface area contributed by atoms with Crippen molar-refractivity contribution in [3.8, 4) is 0 Å². The molecule has 2 heterocycles. The summed E-state index contributed by atoms with van der Waals surface area (Å²) >= 11 is 0. The highest BCUT2D eigenvalue weighted by molar-refractivity contribution is 5.92. The second-order valence-corrected chi connectivity index (χ2v) is 5.83. The fourth-order valence-electron chi connectivity index (χ4n) is 2.76. The molecule has 0 fully saturated rings. The molecule has 0 aliphatic carbocycles. The van der Waals surface area contributed by atoms with Crippen LogP contribution in [0.3, 0.4) is 0 Å². The fraction of sp³-hybridized carbons (Fsp3) is 0.375. The minimum Gasteiger partial charge on any atom is -0.466 e. The topological polar surface area (TPSA) is 81.9 Å². The predicted octanol–water partition coefficient (Wildman–Crippen LogP) is 2.26. The van der Waals surface area contributed by atoms with Gasteiger partial charge in [-0.15, -0.1) is 0 Å². The molecule has 0 spiro atoms. The Morgan fingerprint density at radius 1 is 1.30 bits per heavy atom. The molecule has 1 aromatic carbocycles. The molecule has 3 rings (SSSR count). The summed E-state index contributed by atoms with van der Waals surface area (Å²) < 4.78 is 6.55. The molecule has 1 aliphatic rings. The number of methoxy groups -OCH3 is 1. The van der Waals surface area contributed by atoms with Crippen LogP contribution >= 0.6 is 0 Å². The molecule has 7 heteroatoms. The second kappa shape index (κ2) is 5.83. The van der Waals surface area contributed by atoms with E-state index in [1.807, 2.05) is 19.1 Å². The van der Waals surface area contributed by atoms with E-state index in [1.165, 1.54) is 12.7 Å². The highest BCUT2D eigenvalue weighted by Crippen LogP contribution is 2.35. The molecule has 2 aromatic rings. The van der Waals surface area contributed by atoms with Crippen LogP contribution in [0.25, 0.3) is 0 Å². The first kappa shape index (κ1) is 15.2. The third-order valence-corrected chi connectivity index (χ3v) is 4.04. The van der Waals surface area contributed by atoms with Crippen molar-refractivity contribution in [2.24, 2.45) is 0 Å². The van der Waals surface area contributed by atoms with Crippen LogP contribution in [0.2, 0.25) is 0 Å². The number of esters is 1. The lowest BCUT2D eigenvalue weighted by Crippen LogP contribution is -2.29. The van der Waals surface area contributed by atoms with Crippen LogP contribution in [0.4, 0.5) is 5.95 Å². The zero-order valence-electron chi connectivity index (χ0n) is 13.6. The molecule has 1 aliphatic heterocycles. The highest BCUT2D eigenvalue weighted by Gasteiger charge is 2.34. The summed E-state index contributed by atoms with van der Waals surface area (Å²) in [6.45, 7) is 6.10. The van der Waals surface area contributed by atoms with E-state index in [9.17, 15) is 4.79 Å². The van der Waals surface area contributed by atoms with Gasteiger partial charge in [0.25, 0.3) is 0 Å². The second-order valence-electron chi connectivity index (χ2n) is 5.83. The SMILES string of the molecule is COC(=O)C1=C(C)Nc2nnnn2C1c1ccc(C(C)C)cc1. The van der Waals surface area contributed by atoms with Gasteiger partial charge in [0.1, 0.15) is 6.04 Å². The van der Waals surface area contributed by atoms with Crippen molar-refractivity contribution in [3.63, 3.8) is 0 Å². The van der Waals surface area contributed by atoms with Gasteiger partial charge in [-0.05, 0) is 34.4 Å². The summed E-state index contributed by atoms with van der Waals surface area (Å²) in [5, 5.41) is 14.7. The fourth-order valence-corrected chi connectivity index (χ4v) is 2.76. The molecule has 1 aromatic heterocycles. The van der Waals surface area contributed by atoms with Crippen molar-refractivity contribution < 1.29 is 9.53 Å². The number of anilines is 1. The van der Waals surface area contributed by atoms with Crippen LogP contribution in [-0.2, 0) is 9.53 Å². The van der Waals surface area contributed by atoms with Gasteiger partial charge in [-0.2, -0.15) is 4.68 Å². The van der Waals surface area contributed by atoms with E-state index in [0.29, 0.717) is 23.1 Å². The number of ether oxygens (including phenoxy) is 1. The van der Waals surface area contributed by atoms with Gasteiger partial charge < -0.3 is 10.1 Å². The number of hydrogen-bond donors (Lipinski definition) is 1. The summed E-state index contributed by atoms with van der Waals surface area (Å²) in [7, 11) is 1.37. The quantitative estimate of drug-likeness (QED) is 0.875. The maximum Gasteiger partial charge on any atom is 0.338 e. The number of fused-ring (bicyclic) bond motifs is 1.